The van der Waals surface area contributed by atoms with Gasteiger partial charge in [-0.1, -0.05) is 19.9 Å². The first-order valence-electron chi connectivity index (χ1n) is 12.7. The second-order valence-corrected chi connectivity index (χ2v) is 10.4. The van der Waals surface area contributed by atoms with Crippen molar-refractivity contribution in [2.24, 2.45) is 36.1 Å². The van der Waals surface area contributed by atoms with Gasteiger partial charge in [0, 0.05) is 49.6 Å². The number of ether oxygens (including phenoxy) is 1. The molecular formula is C27H42B2N6O. The highest BCUT2D eigenvalue weighted by Crippen LogP contribution is 2.40. The van der Waals surface area contributed by atoms with E-state index in [4.69, 9.17) is 37.6 Å². The number of fused-ring (bicyclic) bond motifs is 2. The molecule has 2 saturated heterocycles. The van der Waals surface area contributed by atoms with Crippen molar-refractivity contribution < 1.29 is 4.74 Å². The highest BCUT2D eigenvalue weighted by Gasteiger charge is 2.44. The molecule has 1 aliphatic carbocycles. The first-order valence-corrected chi connectivity index (χ1v) is 12.7. The van der Waals surface area contributed by atoms with Gasteiger partial charge in [-0.15, -0.1) is 0 Å². The Balaban J connectivity index is 0.000000195. The number of nitrogens with zero attached hydrogens (tertiary/aromatic N) is 3. The molecular weight excluding hydrogens is 446 g/mol. The summed E-state index contributed by atoms with van der Waals surface area (Å²) in [6.07, 6.45) is 12.8. The predicted molar refractivity (Wildman–Crippen MR) is 151 cm³/mol. The van der Waals surface area contributed by atoms with Crippen molar-refractivity contribution >= 4 is 32.3 Å². The second kappa shape index (κ2) is 11.8. The number of nitrogens with two attached hydrogens (primary N) is 3. The van der Waals surface area contributed by atoms with E-state index in [0.29, 0.717) is 5.70 Å². The van der Waals surface area contributed by atoms with Crippen LogP contribution in [-0.4, -0.2) is 61.5 Å². The highest BCUT2D eigenvalue weighted by molar-refractivity contribution is 6.40. The van der Waals surface area contributed by atoms with Gasteiger partial charge < -0.3 is 26.8 Å². The lowest BCUT2D eigenvalue weighted by Crippen LogP contribution is -2.59. The Labute approximate surface area is 219 Å². The van der Waals surface area contributed by atoms with Crippen LogP contribution in [0.2, 0.25) is 0 Å². The van der Waals surface area contributed by atoms with E-state index < -0.39 is 5.34 Å². The van der Waals surface area contributed by atoms with Crippen LogP contribution in [0.15, 0.2) is 36.3 Å². The number of likely N-dealkylation sites (tertiary alicyclic amines) is 1. The number of hydrogen-bond donors (Lipinski definition) is 3. The third-order valence-corrected chi connectivity index (χ3v) is 7.81. The molecule has 9 heteroatoms. The zero-order valence-corrected chi connectivity index (χ0v) is 21.1. The van der Waals surface area contributed by atoms with Crippen LogP contribution in [0.5, 0.6) is 0 Å². The van der Waals surface area contributed by atoms with Gasteiger partial charge in [-0.05, 0) is 80.0 Å². The van der Waals surface area contributed by atoms with E-state index in [9.17, 15) is 0 Å². The maximum atomic E-state index is 6.38. The Kier molecular flexibility index (Phi) is 9.23. The van der Waals surface area contributed by atoms with E-state index in [2.05, 4.69) is 10.00 Å². The van der Waals surface area contributed by atoms with Gasteiger partial charge in [0.05, 0.1) is 33.1 Å². The Morgan fingerprint density at radius 1 is 1.06 bits per heavy atom. The fourth-order valence-corrected chi connectivity index (χ4v) is 5.80. The minimum absolute atomic E-state index is 0. The number of aromatic nitrogens is 2. The van der Waals surface area contributed by atoms with E-state index in [1.807, 2.05) is 32.3 Å². The Morgan fingerprint density at radius 2 is 1.75 bits per heavy atom. The SMILES string of the molecule is C.Cc1c(/C(N)=C/C=C(N)N)ccc2nn(C)cc12.[B]C([B])(C1CCCCO1)N1CC2CCCC2C1. The Morgan fingerprint density at radius 3 is 2.36 bits per heavy atom. The van der Waals surface area contributed by atoms with Gasteiger partial charge in [0.25, 0.3) is 0 Å². The third kappa shape index (κ3) is 6.12. The maximum absolute atomic E-state index is 6.38. The zero-order chi connectivity index (χ0) is 25.2. The first kappa shape index (κ1) is 28.2. The minimum Gasteiger partial charge on any atom is -0.398 e. The number of benzene rings is 1. The van der Waals surface area contributed by atoms with Crippen LogP contribution in [-0.2, 0) is 11.8 Å². The summed E-state index contributed by atoms with van der Waals surface area (Å²) >= 11 is 0. The molecule has 3 unspecified atom stereocenters. The number of allylic oxidation sites excluding steroid dienone is 2. The van der Waals surface area contributed by atoms with Crippen LogP contribution in [0.1, 0.15) is 57.1 Å². The normalized spacial score (nSPS) is 24.5. The van der Waals surface area contributed by atoms with Gasteiger partial charge in [0.2, 0.25) is 0 Å². The molecule has 0 spiro atoms. The molecule has 1 saturated carbocycles. The maximum Gasteiger partial charge on any atom is 0.0934 e. The molecule has 192 valence electrons. The van der Waals surface area contributed by atoms with Crippen molar-refractivity contribution in [2.45, 2.75) is 64.3 Å². The molecule has 1 aromatic heterocycles. The summed E-state index contributed by atoms with van der Waals surface area (Å²) in [7, 11) is 14.7. The van der Waals surface area contributed by atoms with Crippen LogP contribution < -0.4 is 17.2 Å². The third-order valence-electron chi connectivity index (χ3n) is 7.81. The highest BCUT2D eigenvalue weighted by atomic mass is 16.5. The fourth-order valence-electron chi connectivity index (χ4n) is 5.80. The van der Waals surface area contributed by atoms with Crippen molar-refractivity contribution in [1.29, 1.82) is 0 Å². The van der Waals surface area contributed by atoms with Crippen LogP contribution in [0.4, 0.5) is 0 Å². The molecule has 5 rings (SSSR count). The number of aryl methyl sites for hydroxylation is 2. The van der Waals surface area contributed by atoms with Crippen LogP contribution in [0.3, 0.4) is 0 Å². The van der Waals surface area contributed by atoms with Crippen molar-refractivity contribution in [3.05, 3.63) is 47.4 Å². The van der Waals surface area contributed by atoms with E-state index in [-0.39, 0.29) is 19.4 Å². The van der Waals surface area contributed by atoms with E-state index in [0.717, 1.165) is 66.4 Å². The van der Waals surface area contributed by atoms with Crippen LogP contribution in [0, 0.1) is 18.8 Å². The Hall–Kier alpha value is -2.38. The summed E-state index contributed by atoms with van der Waals surface area (Å²) in [6, 6.07) is 3.91. The summed E-state index contributed by atoms with van der Waals surface area (Å²) < 4.78 is 7.58. The number of hydrogen-bond acceptors (Lipinski definition) is 6. The topological polar surface area (TPSA) is 108 Å². The van der Waals surface area contributed by atoms with Gasteiger partial charge in [-0.2, -0.15) is 5.10 Å². The molecule has 3 atom stereocenters. The molecule has 0 bridgehead atoms. The molecule has 3 fully saturated rings. The lowest BCUT2D eigenvalue weighted by atomic mass is 9.56. The van der Waals surface area contributed by atoms with Crippen molar-refractivity contribution in [1.82, 2.24) is 14.7 Å². The largest absolute Gasteiger partial charge is 0.398 e. The monoisotopic (exact) mass is 488 g/mol. The second-order valence-electron chi connectivity index (χ2n) is 10.4. The van der Waals surface area contributed by atoms with E-state index in [1.165, 1.54) is 25.7 Å². The van der Waals surface area contributed by atoms with Crippen LogP contribution in [0.25, 0.3) is 16.6 Å². The molecule has 3 aliphatic rings. The lowest BCUT2D eigenvalue weighted by Gasteiger charge is -2.45. The summed E-state index contributed by atoms with van der Waals surface area (Å²) in [5.74, 6) is 1.91. The van der Waals surface area contributed by atoms with Gasteiger partial charge in [0.1, 0.15) is 0 Å². The van der Waals surface area contributed by atoms with Gasteiger partial charge in [-0.3, -0.25) is 4.68 Å². The molecule has 4 radical (unpaired) electrons. The van der Waals surface area contributed by atoms with Crippen LogP contribution >= 0.6 is 0 Å². The molecule has 2 aliphatic heterocycles. The first-order chi connectivity index (χ1) is 16.7. The molecule has 1 aromatic carbocycles. The average Bonchev–Trinajstić information content (AvgIpc) is 3.53. The van der Waals surface area contributed by atoms with Crippen molar-refractivity contribution in [3.63, 3.8) is 0 Å². The lowest BCUT2D eigenvalue weighted by molar-refractivity contribution is -0.0286. The molecule has 7 nitrogen and oxygen atoms in total. The minimum atomic E-state index is -0.745. The van der Waals surface area contributed by atoms with Gasteiger partial charge in [-0.25, -0.2) is 0 Å². The van der Waals surface area contributed by atoms with Gasteiger partial charge in [0.15, 0.2) is 0 Å². The molecule has 0 amide bonds. The molecule has 2 aromatic rings. The average molecular weight is 488 g/mol. The van der Waals surface area contributed by atoms with E-state index >= 15 is 0 Å². The summed E-state index contributed by atoms with van der Waals surface area (Å²) in [5, 5.41) is 4.70. The standard InChI is InChI=1S/C13H21B2NO.C13H17N5.CH4/c14-13(15,12-6-1-2-7-17-12)16-8-10-4-3-5-11(10)9-16;1-8-9(11(14)4-6-13(15)16)3-5-12-10(8)7-18(2)17-12;/h10-12H,1-9H2;3-7H,14-16H2,1-2H3;1H4/b;11-4-;. The summed E-state index contributed by atoms with van der Waals surface area (Å²) in [4.78, 5) is 2.29. The predicted octanol–water partition coefficient (Wildman–Crippen LogP) is 2.85. The summed E-state index contributed by atoms with van der Waals surface area (Å²) in [5.41, 5.74) is 20.4. The molecule has 6 N–H and O–H groups in total. The molecule has 3 heterocycles. The van der Waals surface area contributed by atoms with E-state index in [1.54, 1.807) is 16.8 Å². The van der Waals surface area contributed by atoms with Gasteiger partial charge >= 0.3 is 0 Å². The quantitative estimate of drug-likeness (QED) is 0.452. The Bertz CT molecular complexity index is 1070. The summed E-state index contributed by atoms with van der Waals surface area (Å²) in [6.45, 7) is 5.01. The van der Waals surface area contributed by atoms with Crippen molar-refractivity contribution in [2.75, 3.05) is 19.7 Å². The van der Waals surface area contributed by atoms with Crippen molar-refractivity contribution in [3.8, 4) is 0 Å². The fraction of sp³-hybridized carbons (Fsp3) is 0.593. The smallest absolute Gasteiger partial charge is 0.0934 e. The number of rotatable bonds is 4. The molecule has 36 heavy (non-hydrogen) atoms. The zero-order valence-electron chi connectivity index (χ0n) is 21.1.